The zero-order chi connectivity index (χ0) is 23.6. The number of benzene rings is 2. The Morgan fingerprint density at radius 1 is 1.06 bits per heavy atom. The highest BCUT2D eigenvalue weighted by molar-refractivity contribution is 7.91. The summed E-state index contributed by atoms with van der Waals surface area (Å²) < 4.78 is 24.9. The molecule has 4 rings (SSSR count). The van der Waals surface area contributed by atoms with Crippen LogP contribution in [0.5, 0.6) is 0 Å². The van der Waals surface area contributed by atoms with Gasteiger partial charge in [0.1, 0.15) is 0 Å². The molecule has 1 saturated heterocycles. The van der Waals surface area contributed by atoms with Gasteiger partial charge < -0.3 is 5.32 Å². The average molecular weight is 469 g/mol. The summed E-state index contributed by atoms with van der Waals surface area (Å²) in [7, 11) is -2.93. The number of aryl methyl sites for hydroxylation is 2. The highest BCUT2D eigenvalue weighted by Crippen LogP contribution is 2.25. The first-order chi connectivity index (χ1) is 15.7. The van der Waals surface area contributed by atoms with Gasteiger partial charge in [-0.2, -0.15) is 4.68 Å². The maximum Gasteiger partial charge on any atom is 0.251 e. The Balaban J connectivity index is 1.56. The zero-order valence-corrected chi connectivity index (χ0v) is 19.8. The molecular weight excluding hydrogens is 440 g/mol. The molecule has 0 bridgehead atoms. The number of carbonyl (C=O) groups is 1. The summed E-state index contributed by atoms with van der Waals surface area (Å²) in [6.45, 7) is 7.35. The van der Waals surface area contributed by atoms with Crippen LogP contribution in [-0.4, -0.2) is 76.6 Å². The highest BCUT2D eigenvalue weighted by Gasteiger charge is 2.23. The third-order valence-corrected chi connectivity index (χ3v) is 7.39. The average Bonchev–Trinajstić information content (AvgIpc) is 3.21. The molecule has 1 aliphatic heterocycles. The van der Waals surface area contributed by atoms with Gasteiger partial charge in [0.2, 0.25) is 0 Å². The van der Waals surface area contributed by atoms with Gasteiger partial charge in [-0.25, -0.2) is 8.42 Å². The number of nitrogens with zero attached hydrogens (tertiary/aromatic N) is 5. The lowest BCUT2D eigenvalue weighted by Crippen LogP contribution is -2.47. The molecule has 10 heteroatoms. The molecule has 1 aliphatic rings. The highest BCUT2D eigenvalue weighted by atomic mass is 32.2. The third kappa shape index (κ3) is 5.63. The van der Waals surface area contributed by atoms with E-state index in [0.29, 0.717) is 36.7 Å². The van der Waals surface area contributed by atoms with E-state index in [0.717, 1.165) is 16.7 Å². The van der Waals surface area contributed by atoms with Crippen molar-refractivity contribution in [2.24, 2.45) is 0 Å². The quantitative estimate of drug-likeness (QED) is 0.587. The standard InChI is InChI=1S/C23H28N6O3S/c1-16-4-6-19(7-5-16)20-12-21(14-22(13-20)29-18(3)25-26-27-29)23(30)24-17(2)15-28-8-10-33(31,32)11-9-28/h4-7,12-14,17H,8-11,15H2,1-3H3,(H,24,30)/t17-/m1/s1. The fourth-order valence-electron chi connectivity index (χ4n) is 3.92. The van der Waals surface area contributed by atoms with Crippen molar-refractivity contribution in [3.8, 4) is 16.8 Å². The van der Waals surface area contributed by atoms with E-state index in [-0.39, 0.29) is 23.5 Å². The van der Waals surface area contributed by atoms with Crippen LogP contribution in [0, 0.1) is 13.8 Å². The molecule has 0 unspecified atom stereocenters. The van der Waals surface area contributed by atoms with Gasteiger partial charge in [-0.3, -0.25) is 9.69 Å². The number of rotatable bonds is 6. The van der Waals surface area contributed by atoms with Crippen molar-refractivity contribution < 1.29 is 13.2 Å². The third-order valence-electron chi connectivity index (χ3n) is 5.78. The fraction of sp³-hybridized carbons (Fsp3) is 0.391. The van der Waals surface area contributed by atoms with Gasteiger partial charge in [-0.1, -0.05) is 29.8 Å². The van der Waals surface area contributed by atoms with Crippen molar-refractivity contribution in [1.82, 2.24) is 30.4 Å². The van der Waals surface area contributed by atoms with Gasteiger partial charge in [0.05, 0.1) is 17.2 Å². The maximum absolute atomic E-state index is 13.2. The van der Waals surface area contributed by atoms with E-state index in [4.69, 9.17) is 0 Å². The molecular formula is C23H28N6O3S. The molecule has 1 aromatic heterocycles. The summed E-state index contributed by atoms with van der Waals surface area (Å²) in [6.07, 6.45) is 0. The molecule has 2 heterocycles. The van der Waals surface area contributed by atoms with Crippen molar-refractivity contribution >= 4 is 15.7 Å². The maximum atomic E-state index is 13.2. The molecule has 0 spiro atoms. The largest absolute Gasteiger partial charge is 0.348 e. The first-order valence-corrected chi connectivity index (χ1v) is 12.7. The van der Waals surface area contributed by atoms with Crippen LogP contribution in [0.15, 0.2) is 42.5 Å². The number of hydrogen-bond donors (Lipinski definition) is 1. The topological polar surface area (TPSA) is 110 Å². The molecule has 2 aromatic carbocycles. The first-order valence-electron chi connectivity index (χ1n) is 10.9. The minimum atomic E-state index is -2.93. The molecule has 174 valence electrons. The van der Waals surface area contributed by atoms with Crippen LogP contribution >= 0.6 is 0 Å². The van der Waals surface area contributed by atoms with Crippen LogP contribution in [0.4, 0.5) is 0 Å². The van der Waals surface area contributed by atoms with Crippen LogP contribution in [0.25, 0.3) is 16.8 Å². The molecule has 1 fully saturated rings. The predicted molar refractivity (Wildman–Crippen MR) is 126 cm³/mol. The summed E-state index contributed by atoms with van der Waals surface area (Å²) in [5, 5.41) is 14.8. The molecule has 1 atom stereocenters. The molecule has 1 N–H and O–H groups in total. The van der Waals surface area contributed by atoms with Crippen molar-refractivity contribution in [2.75, 3.05) is 31.1 Å². The number of carbonyl (C=O) groups excluding carboxylic acids is 1. The molecule has 9 nitrogen and oxygen atoms in total. The van der Waals surface area contributed by atoms with E-state index < -0.39 is 9.84 Å². The van der Waals surface area contributed by atoms with Crippen LogP contribution in [0.2, 0.25) is 0 Å². The summed E-state index contributed by atoms with van der Waals surface area (Å²) in [6, 6.07) is 13.6. The number of aromatic nitrogens is 4. The summed E-state index contributed by atoms with van der Waals surface area (Å²) >= 11 is 0. The van der Waals surface area contributed by atoms with E-state index in [1.165, 1.54) is 0 Å². The predicted octanol–water partition coefficient (Wildman–Crippen LogP) is 1.79. The lowest BCUT2D eigenvalue weighted by molar-refractivity contribution is 0.0930. The van der Waals surface area contributed by atoms with E-state index in [9.17, 15) is 13.2 Å². The fourth-order valence-corrected chi connectivity index (χ4v) is 5.20. The number of hydrogen-bond acceptors (Lipinski definition) is 7. The van der Waals surface area contributed by atoms with Crippen LogP contribution in [0.3, 0.4) is 0 Å². The minimum absolute atomic E-state index is 0.139. The van der Waals surface area contributed by atoms with Gasteiger partial charge in [-0.15, -0.1) is 5.10 Å². The smallest absolute Gasteiger partial charge is 0.251 e. The lowest BCUT2D eigenvalue weighted by Gasteiger charge is -2.29. The Kier molecular flexibility index (Phi) is 6.57. The Morgan fingerprint density at radius 2 is 1.76 bits per heavy atom. The van der Waals surface area contributed by atoms with Gasteiger partial charge in [0.15, 0.2) is 15.7 Å². The number of amides is 1. The summed E-state index contributed by atoms with van der Waals surface area (Å²) in [4.78, 5) is 15.2. The second kappa shape index (κ2) is 9.40. The minimum Gasteiger partial charge on any atom is -0.348 e. The molecule has 33 heavy (non-hydrogen) atoms. The number of nitrogens with one attached hydrogen (secondary N) is 1. The molecule has 0 radical (unpaired) electrons. The van der Waals surface area contributed by atoms with E-state index in [1.54, 1.807) is 17.7 Å². The molecule has 0 aliphatic carbocycles. The van der Waals surface area contributed by atoms with Gasteiger partial charge in [0.25, 0.3) is 5.91 Å². The van der Waals surface area contributed by atoms with Crippen molar-refractivity contribution in [1.29, 1.82) is 0 Å². The first kappa shape index (κ1) is 23.1. The number of sulfone groups is 1. The lowest BCUT2D eigenvalue weighted by atomic mass is 10.0. The van der Waals surface area contributed by atoms with Crippen LogP contribution in [0.1, 0.15) is 28.7 Å². The van der Waals surface area contributed by atoms with Crippen molar-refractivity contribution in [2.45, 2.75) is 26.8 Å². The Labute approximate surface area is 193 Å². The zero-order valence-electron chi connectivity index (χ0n) is 19.0. The van der Waals surface area contributed by atoms with Gasteiger partial charge in [-0.05, 0) is 60.5 Å². The van der Waals surface area contributed by atoms with Crippen LogP contribution < -0.4 is 5.32 Å². The monoisotopic (exact) mass is 468 g/mol. The van der Waals surface area contributed by atoms with E-state index in [2.05, 4.69) is 25.7 Å². The molecule has 0 saturated carbocycles. The van der Waals surface area contributed by atoms with Crippen molar-refractivity contribution in [3.05, 3.63) is 59.4 Å². The Morgan fingerprint density at radius 3 is 2.39 bits per heavy atom. The van der Waals surface area contributed by atoms with E-state index >= 15 is 0 Å². The molecule has 1 amide bonds. The normalized spacial score (nSPS) is 16.9. The van der Waals surface area contributed by atoms with Gasteiger partial charge in [0, 0.05) is 31.2 Å². The van der Waals surface area contributed by atoms with Crippen LogP contribution in [-0.2, 0) is 9.84 Å². The molecule has 3 aromatic rings. The SMILES string of the molecule is Cc1ccc(-c2cc(C(=O)N[C@H](C)CN3CCS(=O)(=O)CC3)cc(-n3nnnc3C)c2)cc1. The van der Waals surface area contributed by atoms with Crippen molar-refractivity contribution in [3.63, 3.8) is 0 Å². The summed E-state index contributed by atoms with van der Waals surface area (Å²) in [5.74, 6) is 0.755. The Bertz CT molecular complexity index is 1240. The Hall–Kier alpha value is -3.11. The summed E-state index contributed by atoms with van der Waals surface area (Å²) in [5.41, 5.74) is 4.25. The second-order valence-electron chi connectivity index (χ2n) is 8.60. The number of tetrazole rings is 1. The van der Waals surface area contributed by atoms with Gasteiger partial charge >= 0.3 is 0 Å². The van der Waals surface area contributed by atoms with E-state index in [1.807, 2.05) is 50.2 Å². The second-order valence-corrected chi connectivity index (χ2v) is 10.9.